The molecule has 0 fully saturated rings. The summed E-state index contributed by atoms with van der Waals surface area (Å²) in [6, 6.07) is 0. The Labute approximate surface area is 70.5 Å². The van der Waals surface area contributed by atoms with Gasteiger partial charge in [-0.3, -0.25) is 4.79 Å². The molecule has 0 aromatic heterocycles. The van der Waals surface area contributed by atoms with Crippen LogP contribution in [0.4, 0.5) is 0 Å². The van der Waals surface area contributed by atoms with Gasteiger partial charge in [0, 0.05) is 6.92 Å². The molecule has 4 heteroatoms. The maximum absolute atomic E-state index is 10.7. The maximum atomic E-state index is 10.7. The van der Waals surface area contributed by atoms with E-state index in [1.54, 1.807) is 0 Å². The Morgan fingerprint density at radius 1 is 1.17 bits per heavy atom. The van der Waals surface area contributed by atoms with Crippen LogP contribution in [0, 0.1) is 0 Å². The topological polar surface area (TPSA) is 52.6 Å². The van der Waals surface area contributed by atoms with Crippen LogP contribution in [0.25, 0.3) is 0 Å². The van der Waals surface area contributed by atoms with Crippen molar-refractivity contribution in [3.05, 3.63) is 24.7 Å². The summed E-state index contributed by atoms with van der Waals surface area (Å²) in [5, 5.41) is 0. The number of carbonyl (C=O) groups excluding carboxylic acids is 2. The first-order valence-corrected chi connectivity index (χ1v) is 3.14. The Balaban J connectivity index is 4.11. The molecule has 0 saturated carbocycles. The highest BCUT2D eigenvalue weighted by atomic mass is 16.6. The third-order valence-corrected chi connectivity index (χ3v) is 1.05. The first-order valence-electron chi connectivity index (χ1n) is 3.14. The van der Waals surface area contributed by atoms with Crippen LogP contribution in [0.15, 0.2) is 24.7 Å². The molecule has 0 aromatic rings. The van der Waals surface area contributed by atoms with Gasteiger partial charge in [-0.1, -0.05) is 6.58 Å². The highest BCUT2D eigenvalue weighted by Crippen LogP contribution is 2.04. The van der Waals surface area contributed by atoms with Crippen molar-refractivity contribution in [3.8, 4) is 0 Å². The first kappa shape index (κ1) is 10.4. The number of rotatable bonds is 4. The molecular weight excluding hydrogens is 160 g/mol. The summed E-state index contributed by atoms with van der Waals surface area (Å²) < 4.78 is 8.93. The number of allylic oxidation sites excluding steroid dienone is 1. The van der Waals surface area contributed by atoms with Gasteiger partial charge in [0.1, 0.15) is 0 Å². The molecule has 0 heterocycles. The van der Waals surface area contributed by atoms with Crippen LogP contribution in [0.5, 0.6) is 0 Å². The van der Waals surface area contributed by atoms with Crippen LogP contribution in [0.2, 0.25) is 0 Å². The molecule has 0 aliphatic carbocycles. The zero-order valence-electron chi connectivity index (χ0n) is 7.05. The van der Waals surface area contributed by atoms with Crippen LogP contribution in [-0.4, -0.2) is 18.9 Å². The molecule has 12 heavy (non-hydrogen) atoms. The maximum Gasteiger partial charge on any atom is 0.373 e. The summed E-state index contributed by atoms with van der Waals surface area (Å²) in [4.78, 5) is 21.2. The van der Waals surface area contributed by atoms with Crippen LogP contribution in [0.3, 0.4) is 0 Å². The Morgan fingerprint density at radius 3 is 2.00 bits per heavy atom. The molecule has 0 unspecified atom stereocenters. The molecule has 0 amide bonds. The number of Topliss-reactive ketones (excluding diaryl/α,β-unsaturated/α-hetero) is 1. The van der Waals surface area contributed by atoms with Crippen molar-refractivity contribution < 1.29 is 19.1 Å². The standard InChI is InChI=1S/C8H10O4/c1-5(9)6(2)12-7(3)8(10)11-4/h2-3H2,1,4H3. The number of ketones is 1. The van der Waals surface area contributed by atoms with E-state index in [0.717, 1.165) is 0 Å². The number of esters is 1. The molecule has 4 nitrogen and oxygen atoms in total. The molecule has 0 radical (unpaired) electrons. The van der Waals surface area contributed by atoms with E-state index >= 15 is 0 Å². The Morgan fingerprint density at radius 2 is 1.67 bits per heavy atom. The van der Waals surface area contributed by atoms with E-state index in [0.29, 0.717) is 0 Å². The van der Waals surface area contributed by atoms with Crippen LogP contribution < -0.4 is 0 Å². The van der Waals surface area contributed by atoms with Gasteiger partial charge in [-0.15, -0.1) is 0 Å². The Hall–Kier alpha value is -1.58. The molecule has 0 aliphatic rings. The minimum atomic E-state index is -0.725. The lowest BCUT2D eigenvalue weighted by molar-refractivity contribution is -0.139. The SMILES string of the molecule is C=C(OC(=C)C(=O)OC)C(C)=O. The fourth-order valence-corrected chi connectivity index (χ4v) is 0.376. The fraction of sp³-hybridized carbons (Fsp3) is 0.250. The van der Waals surface area contributed by atoms with E-state index in [1.165, 1.54) is 14.0 Å². The predicted molar refractivity (Wildman–Crippen MR) is 42.1 cm³/mol. The highest BCUT2D eigenvalue weighted by molar-refractivity contribution is 5.92. The van der Waals surface area contributed by atoms with Crippen LogP contribution in [-0.2, 0) is 19.1 Å². The molecule has 0 N–H and O–H groups in total. The molecule has 0 spiro atoms. The lowest BCUT2D eigenvalue weighted by Crippen LogP contribution is -2.09. The fourth-order valence-electron chi connectivity index (χ4n) is 0.376. The number of methoxy groups -OCH3 is 1. The van der Waals surface area contributed by atoms with E-state index in [1.807, 2.05) is 0 Å². The van der Waals surface area contributed by atoms with Crippen molar-refractivity contribution in [1.29, 1.82) is 0 Å². The summed E-state index contributed by atoms with van der Waals surface area (Å²) in [7, 11) is 1.19. The van der Waals surface area contributed by atoms with Gasteiger partial charge in [-0.25, -0.2) is 4.79 Å². The average molecular weight is 170 g/mol. The third kappa shape index (κ3) is 3.01. The second-order valence-corrected chi connectivity index (χ2v) is 2.00. The van der Waals surface area contributed by atoms with E-state index in [2.05, 4.69) is 22.6 Å². The molecule has 0 saturated heterocycles. The number of hydrogen-bond donors (Lipinski definition) is 0. The van der Waals surface area contributed by atoms with Gasteiger partial charge in [0.15, 0.2) is 11.5 Å². The lowest BCUT2D eigenvalue weighted by atomic mass is 10.4. The molecular formula is C8H10O4. The monoisotopic (exact) mass is 170 g/mol. The summed E-state index contributed by atoms with van der Waals surface area (Å²) in [6.45, 7) is 7.78. The summed E-state index contributed by atoms with van der Waals surface area (Å²) in [5.74, 6) is -1.47. The predicted octanol–water partition coefficient (Wildman–Crippen LogP) is 0.792. The van der Waals surface area contributed by atoms with E-state index in [-0.39, 0.29) is 17.3 Å². The summed E-state index contributed by atoms with van der Waals surface area (Å²) in [6.07, 6.45) is 0. The zero-order valence-corrected chi connectivity index (χ0v) is 7.05. The van der Waals surface area contributed by atoms with Gasteiger partial charge in [0.2, 0.25) is 5.76 Å². The second-order valence-electron chi connectivity index (χ2n) is 2.00. The number of hydrogen-bond acceptors (Lipinski definition) is 4. The first-order chi connectivity index (χ1) is 5.49. The highest BCUT2D eigenvalue weighted by Gasteiger charge is 2.11. The van der Waals surface area contributed by atoms with Crippen molar-refractivity contribution in [2.75, 3.05) is 7.11 Å². The number of carbonyl (C=O) groups is 2. The smallest absolute Gasteiger partial charge is 0.373 e. The van der Waals surface area contributed by atoms with E-state index in [4.69, 9.17) is 0 Å². The summed E-state index contributed by atoms with van der Waals surface area (Å²) >= 11 is 0. The molecule has 0 bridgehead atoms. The van der Waals surface area contributed by atoms with Gasteiger partial charge in [-0.05, 0) is 6.58 Å². The van der Waals surface area contributed by atoms with Gasteiger partial charge in [-0.2, -0.15) is 0 Å². The van der Waals surface area contributed by atoms with Crippen molar-refractivity contribution in [2.24, 2.45) is 0 Å². The van der Waals surface area contributed by atoms with E-state index in [9.17, 15) is 9.59 Å². The Bertz CT molecular complexity index is 239. The van der Waals surface area contributed by atoms with Crippen LogP contribution >= 0.6 is 0 Å². The van der Waals surface area contributed by atoms with Crippen LogP contribution in [0.1, 0.15) is 6.92 Å². The average Bonchev–Trinajstić information content (AvgIpc) is 2.02. The van der Waals surface area contributed by atoms with Crippen molar-refractivity contribution >= 4 is 11.8 Å². The van der Waals surface area contributed by atoms with E-state index < -0.39 is 5.97 Å². The van der Waals surface area contributed by atoms with Crippen molar-refractivity contribution in [3.63, 3.8) is 0 Å². The normalized spacial score (nSPS) is 8.50. The third-order valence-electron chi connectivity index (χ3n) is 1.05. The molecule has 0 aromatic carbocycles. The van der Waals surface area contributed by atoms with Gasteiger partial charge >= 0.3 is 5.97 Å². The molecule has 0 aliphatic heterocycles. The van der Waals surface area contributed by atoms with Gasteiger partial charge < -0.3 is 9.47 Å². The van der Waals surface area contributed by atoms with Gasteiger partial charge in [0.05, 0.1) is 7.11 Å². The largest absolute Gasteiger partial charge is 0.463 e. The van der Waals surface area contributed by atoms with Gasteiger partial charge in [0.25, 0.3) is 0 Å². The molecule has 66 valence electrons. The minimum Gasteiger partial charge on any atom is -0.463 e. The Kier molecular flexibility index (Phi) is 3.76. The zero-order chi connectivity index (χ0) is 9.72. The molecule has 0 rings (SSSR count). The summed E-state index contributed by atoms with van der Waals surface area (Å²) in [5.41, 5.74) is 0. The second kappa shape index (κ2) is 4.33. The van der Waals surface area contributed by atoms with Crippen molar-refractivity contribution in [1.82, 2.24) is 0 Å². The lowest BCUT2D eigenvalue weighted by Gasteiger charge is -2.05. The molecule has 0 atom stereocenters. The van der Waals surface area contributed by atoms with Crippen molar-refractivity contribution in [2.45, 2.75) is 6.92 Å². The quantitative estimate of drug-likeness (QED) is 0.355. The number of ether oxygens (including phenoxy) is 2. The minimum absolute atomic E-state index is 0.134.